The van der Waals surface area contributed by atoms with Crippen LogP contribution in [0.25, 0.3) is 6.08 Å². The molecule has 0 aliphatic heterocycles. The number of benzene rings is 2. The van der Waals surface area contributed by atoms with Crippen LogP contribution in [0.15, 0.2) is 54.6 Å². The molecule has 0 aromatic heterocycles. The van der Waals surface area contributed by atoms with E-state index in [1.807, 2.05) is 0 Å². The summed E-state index contributed by atoms with van der Waals surface area (Å²) in [6, 6.07) is 12.3. The first kappa shape index (κ1) is 19.8. The predicted molar refractivity (Wildman–Crippen MR) is 99.5 cm³/mol. The maximum Gasteiger partial charge on any atom is 0.330 e. The molecule has 6 nitrogen and oxygen atoms in total. The molecule has 0 fully saturated rings. The first-order valence-corrected chi connectivity index (χ1v) is 8.27. The number of nitrogens with one attached hydrogen (secondary N) is 2. The maximum absolute atomic E-state index is 13.5. The van der Waals surface area contributed by atoms with E-state index in [1.165, 1.54) is 30.3 Å². The number of carbonyl (C=O) groups excluding carboxylic acids is 3. The van der Waals surface area contributed by atoms with E-state index < -0.39 is 23.6 Å². The highest BCUT2D eigenvalue weighted by molar-refractivity contribution is 5.99. The van der Waals surface area contributed by atoms with Crippen LogP contribution in [0.5, 0.6) is 0 Å². The van der Waals surface area contributed by atoms with E-state index in [9.17, 15) is 18.8 Å². The summed E-state index contributed by atoms with van der Waals surface area (Å²) >= 11 is 0. The highest BCUT2D eigenvalue weighted by atomic mass is 19.1. The second kappa shape index (κ2) is 9.86. The molecule has 0 saturated carbocycles. The van der Waals surface area contributed by atoms with E-state index in [0.717, 1.165) is 5.56 Å². The van der Waals surface area contributed by atoms with Crippen molar-refractivity contribution in [1.82, 2.24) is 5.32 Å². The van der Waals surface area contributed by atoms with Gasteiger partial charge >= 0.3 is 5.97 Å². The normalized spacial score (nSPS) is 10.4. The molecule has 0 aliphatic carbocycles. The van der Waals surface area contributed by atoms with Crippen molar-refractivity contribution in [3.05, 3.63) is 71.6 Å². The molecule has 2 rings (SSSR count). The fourth-order valence-corrected chi connectivity index (χ4v) is 2.14. The Balaban J connectivity index is 1.84. The van der Waals surface area contributed by atoms with Gasteiger partial charge in [-0.25, -0.2) is 9.18 Å². The second-order valence-corrected chi connectivity index (χ2v) is 5.42. The molecule has 2 aromatic rings. The van der Waals surface area contributed by atoms with Gasteiger partial charge in [0, 0.05) is 11.8 Å². The van der Waals surface area contributed by atoms with Gasteiger partial charge in [0.1, 0.15) is 5.82 Å². The van der Waals surface area contributed by atoms with Gasteiger partial charge in [-0.15, -0.1) is 0 Å². The first-order chi connectivity index (χ1) is 13.0. The number of halogens is 1. The number of esters is 1. The molecular formula is C20H19FN2O4. The van der Waals surface area contributed by atoms with Gasteiger partial charge < -0.3 is 15.4 Å². The third kappa shape index (κ3) is 6.39. The number of amides is 2. The van der Waals surface area contributed by atoms with Crippen LogP contribution >= 0.6 is 0 Å². The topological polar surface area (TPSA) is 84.5 Å². The van der Waals surface area contributed by atoms with Crippen molar-refractivity contribution in [3.8, 4) is 0 Å². The van der Waals surface area contributed by atoms with E-state index in [2.05, 4.69) is 10.6 Å². The Kier molecular flexibility index (Phi) is 7.25. The van der Waals surface area contributed by atoms with Crippen LogP contribution in [0.3, 0.4) is 0 Å². The van der Waals surface area contributed by atoms with E-state index in [1.54, 1.807) is 37.3 Å². The molecule has 2 aromatic carbocycles. The Morgan fingerprint density at radius 3 is 2.44 bits per heavy atom. The fourth-order valence-electron chi connectivity index (χ4n) is 2.14. The van der Waals surface area contributed by atoms with Crippen LogP contribution in [0.1, 0.15) is 22.8 Å². The molecule has 0 saturated heterocycles. The summed E-state index contributed by atoms with van der Waals surface area (Å²) in [6.45, 7) is 1.74. The van der Waals surface area contributed by atoms with E-state index >= 15 is 0 Å². The van der Waals surface area contributed by atoms with Crippen molar-refractivity contribution < 1.29 is 23.5 Å². The molecule has 7 heteroatoms. The van der Waals surface area contributed by atoms with Gasteiger partial charge in [-0.2, -0.15) is 0 Å². The summed E-state index contributed by atoms with van der Waals surface area (Å²) in [4.78, 5) is 35.0. The molecule has 27 heavy (non-hydrogen) atoms. The van der Waals surface area contributed by atoms with Gasteiger partial charge in [0.05, 0.1) is 18.7 Å². The molecule has 0 radical (unpaired) electrons. The Bertz CT molecular complexity index is 847. The zero-order valence-electron chi connectivity index (χ0n) is 14.7. The van der Waals surface area contributed by atoms with Crippen LogP contribution in [0.2, 0.25) is 0 Å². The van der Waals surface area contributed by atoms with Gasteiger partial charge in [-0.1, -0.05) is 24.3 Å². The van der Waals surface area contributed by atoms with Crippen molar-refractivity contribution in [2.45, 2.75) is 6.92 Å². The average molecular weight is 370 g/mol. The second-order valence-electron chi connectivity index (χ2n) is 5.42. The van der Waals surface area contributed by atoms with Gasteiger partial charge in [0.15, 0.2) is 0 Å². The number of ether oxygens (including phenoxy) is 1. The van der Waals surface area contributed by atoms with Gasteiger partial charge in [-0.05, 0) is 42.8 Å². The van der Waals surface area contributed by atoms with Crippen LogP contribution < -0.4 is 10.6 Å². The predicted octanol–water partition coefficient (Wildman–Crippen LogP) is 2.77. The number of hydrogen-bond donors (Lipinski definition) is 2. The lowest BCUT2D eigenvalue weighted by Crippen LogP contribution is -2.33. The van der Waals surface area contributed by atoms with Crippen molar-refractivity contribution >= 4 is 29.5 Å². The summed E-state index contributed by atoms with van der Waals surface area (Å²) < 4.78 is 18.3. The fraction of sp³-hybridized carbons (Fsp3) is 0.150. The zero-order chi connectivity index (χ0) is 19.6. The summed E-state index contributed by atoms with van der Waals surface area (Å²) in [5, 5.41) is 4.97. The van der Waals surface area contributed by atoms with Gasteiger partial charge in [0.2, 0.25) is 5.91 Å². The summed E-state index contributed by atoms with van der Waals surface area (Å²) in [5.41, 5.74) is 1.16. The first-order valence-electron chi connectivity index (χ1n) is 8.27. The quantitative estimate of drug-likeness (QED) is 0.580. The molecule has 2 N–H and O–H groups in total. The maximum atomic E-state index is 13.5. The third-order valence-electron chi connectivity index (χ3n) is 3.42. The molecule has 0 aliphatic rings. The molecule has 0 spiro atoms. The smallest absolute Gasteiger partial charge is 0.330 e. The van der Waals surface area contributed by atoms with Gasteiger partial charge in [-0.3, -0.25) is 9.59 Å². The highest BCUT2D eigenvalue weighted by Crippen LogP contribution is 2.11. The summed E-state index contributed by atoms with van der Waals surface area (Å²) in [7, 11) is 0. The lowest BCUT2D eigenvalue weighted by atomic mass is 10.2. The Labute approximate surface area is 156 Å². The van der Waals surface area contributed by atoms with Crippen LogP contribution in [0, 0.1) is 5.82 Å². The Morgan fingerprint density at radius 1 is 1.07 bits per heavy atom. The SMILES string of the molecule is CCOC(=O)/C=C/c1ccc(NC(=O)CNC(=O)c2ccccc2F)cc1. The van der Waals surface area contributed by atoms with E-state index in [4.69, 9.17) is 4.74 Å². The molecule has 2 amide bonds. The number of rotatable bonds is 7. The summed E-state index contributed by atoms with van der Waals surface area (Å²) in [6.07, 6.45) is 2.91. The van der Waals surface area contributed by atoms with Crippen molar-refractivity contribution in [1.29, 1.82) is 0 Å². The molecule has 0 heterocycles. The number of carbonyl (C=O) groups is 3. The van der Waals surface area contributed by atoms with Crippen molar-refractivity contribution in [2.24, 2.45) is 0 Å². The number of hydrogen-bond acceptors (Lipinski definition) is 4. The van der Waals surface area contributed by atoms with Crippen LogP contribution in [-0.4, -0.2) is 30.9 Å². The lowest BCUT2D eigenvalue weighted by Gasteiger charge is -2.08. The molecule has 0 atom stereocenters. The largest absolute Gasteiger partial charge is 0.463 e. The highest BCUT2D eigenvalue weighted by Gasteiger charge is 2.12. The average Bonchev–Trinajstić information content (AvgIpc) is 2.66. The number of anilines is 1. The monoisotopic (exact) mass is 370 g/mol. The van der Waals surface area contributed by atoms with Crippen molar-refractivity contribution in [3.63, 3.8) is 0 Å². The van der Waals surface area contributed by atoms with Gasteiger partial charge in [0.25, 0.3) is 5.91 Å². The van der Waals surface area contributed by atoms with Crippen molar-refractivity contribution in [2.75, 3.05) is 18.5 Å². The standard InChI is InChI=1S/C20H19FN2O4/c1-2-27-19(25)12-9-14-7-10-15(11-8-14)23-18(24)13-22-20(26)16-5-3-4-6-17(16)21/h3-12H,2,13H2,1H3,(H,22,26)(H,23,24)/b12-9+. The third-order valence-corrected chi connectivity index (χ3v) is 3.42. The zero-order valence-corrected chi connectivity index (χ0v) is 14.7. The molecular weight excluding hydrogens is 351 g/mol. The lowest BCUT2D eigenvalue weighted by molar-refractivity contribution is -0.137. The van der Waals surface area contributed by atoms with E-state index in [0.29, 0.717) is 12.3 Å². The summed E-state index contributed by atoms with van der Waals surface area (Å²) in [5.74, 6) is -2.19. The molecule has 140 valence electrons. The van der Waals surface area contributed by atoms with Crippen LogP contribution in [-0.2, 0) is 14.3 Å². The van der Waals surface area contributed by atoms with E-state index in [-0.39, 0.29) is 12.1 Å². The minimum absolute atomic E-state index is 0.122. The molecule has 0 unspecified atom stereocenters. The molecule has 0 bridgehead atoms. The van der Waals surface area contributed by atoms with Crippen LogP contribution in [0.4, 0.5) is 10.1 Å². The Morgan fingerprint density at radius 2 is 1.78 bits per heavy atom. The minimum Gasteiger partial charge on any atom is -0.463 e. The Hall–Kier alpha value is -3.48. The minimum atomic E-state index is -0.664.